The predicted octanol–water partition coefficient (Wildman–Crippen LogP) is 1.90. The molecule has 1 fully saturated rings. The van der Waals surface area contributed by atoms with Crippen LogP contribution in [0.2, 0.25) is 0 Å². The first-order valence-electron chi connectivity index (χ1n) is 4.04. The molecule has 2 heteroatoms. The summed E-state index contributed by atoms with van der Waals surface area (Å²) in [6.45, 7) is 7.76. The van der Waals surface area contributed by atoms with E-state index in [-0.39, 0.29) is 12.1 Å². The second kappa shape index (κ2) is 3.07. The largest absolute Gasteiger partial charge is 0.459 e. The zero-order chi connectivity index (χ0) is 8.43. The van der Waals surface area contributed by atoms with Gasteiger partial charge in [0.05, 0.1) is 0 Å². The first kappa shape index (κ1) is 8.31. The number of cyclic esters (lactones) is 1. The van der Waals surface area contributed by atoms with Crippen LogP contribution in [-0.2, 0) is 9.53 Å². The molecule has 2 atom stereocenters. The Morgan fingerprint density at radius 1 is 1.73 bits per heavy atom. The van der Waals surface area contributed by atoms with Gasteiger partial charge in [0.25, 0.3) is 0 Å². The Morgan fingerprint density at radius 2 is 2.36 bits per heavy atom. The summed E-state index contributed by atoms with van der Waals surface area (Å²) in [6.07, 6.45) is 1.80. The van der Waals surface area contributed by atoms with Crippen molar-refractivity contribution in [2.45, 2.75) is 32.8 Å². The van der Waals surface area contributed by atoms with Crippen molar-refractivity contribution in [1.82, 2.24) is 0 Å². The number of ether oxygens (including phenoxy) is 1. The first-order valence-corrected chi connectivity index (χ1v) is 4.04. The van der Waals surface area contributed by atoms with E-state index in [0.29, 0.717) is 11.5 Å². The molecule has 1 rings (SSSR count). The molecule has 1 saturated heterocycles. The van der Waals surface area contributed by atoms with E-state index in [2.05, 4.69) is 13.5 Å². The lowest BCUT2D eigenvalue weighted by Crippen LogP contribution is -2.31. The Kier molecular flexibility index (Phi) is 2.32. The molecule has 0 amide bonds. The Hall–Kier alpha value is -0.790. The highest BCUT2D eigenvalue weighted by Gasteiger charge is 2.28. The van der Waals surface area contributed by atoms with Gasteiger partial charge in [-0.15, -0.1) is 0 Å². The third-order valence-electron chi connectivity index (χ3n) is 2.15. The maximum absolute atomic E-state index is 11.0. The maximum Gasteiger partial charge on any atom is 0.333 e. The van der Waals surface area contributed by atoms with Crippen LogP contribution in [0.1, 0.15) is 26.7 Å². The van der Waals surface area contributed by atoms with Gasteiger partial charge in [0.2, 0.25) is 0 Å². The van der Waals surface area contributed by atoms with Crippen molar-refractivity contribution < 1.29 is 9.53 Å². The molecular weight excluding hydrogens is 140 g/mol. The normalized spacial score (nSPS) is 31.8. The maximum atomic E-state index is 11.0. The summed E-state index contributed by atoms with van der Waals surface area (Å²) in [4.78, 5) is 11.0. The molecule has 0 aromatic heterocycles. The summed E-state index contributed by atoms with van der Waals surface area (Å²) in [5.41, 5.74) is 0.613. The van der Waals surface area contributed by atoms with Crippen molar-refractivity contribution in [3.8, 4) is 0 Å². The molecule has 2 nitrogen and oxygen atoms in total. The molecule has 62 valence electrons. The fourth-order valence-corrected chi connectivity index (χ4v) is 1.43. The van der Waals surface area contributed by atoms with Crippen LogP contribution in [0.15, 0.2) is 12.2 Å². The molecule has 11 heavy (non-hydrogen) atoms. The first-order chi connectivity index (χ1) is 5.15. The molecule has 0 bridgehead atoms. The molecule has 0 aliphatic carbocycles. The van der Waals surface area contributed by atoms with Gasteiger partial charge in [0, 0.05) is 5.57 Å². The zero-order valence-electron chi connectivity index (χ0n) is 7.09. The van der Waals surface area contributed by atoms with Gasteiger partial charge in [0.15, 0.2) is 0 Å². The molecule has 1 heterocycles. The molecule has 0 aromatic carbocycles. The Morgan fingerprint density at radius 3 is 2.91 bits per heavy atom. The van der Waals surface area contributed by atoms with E-state index in [1.165, 1.54) is 0 Å². The quantitative estimate of drug-likeness (QED) is 0.426. The highest BCUT2D eigenvalue weighted by molar-refractivity contribution is 5.88. The third kappa shape index (κ3) is 1.62. The average molecular weight is 154 g/mol. The standard InChI is InChI=1S/C9H14O2/c1-4-8-6(2)5-7(3)9(10)11-8/h6,8H,3-5H2,1-2H3/t6-,8-/m1/s1. The Bertz CT molecular complexity index is 184. The van der Waals surface area contributed by atoms with Crippen LogP contribution >= 0.6 is 0 Å². The number of carbonyl (C=O) groups is 1. The topological polar surface area (TPSA) is 26.3 Å². The minimum atomic E-state index is -0.213. The highest BCUT2D eigenvalue weighted by atomic mass is 16.5. The number of hydrogen-bond donors (Lipinski definition) is 0. The van der Waals surface area contributed by atoms with E-state index >= 15 is 0 Å². The van der Waals surface area contributed by atoms with Crippen LogP contribution < -0.4 is 0 Å². The van der Waals surface area contributed by atoms with Crippen LogP contribution in [0.25, 0.3) is 0 Å². The number of carbonyl (C=O) groups excluding carboxylic acids is 1. The lowest BCUT2D eigenvalue weighted by atomic mass is 9.92. The lowest BCUT2D eigenvalue weighted by molar-refractivity contribution is -0.151. The van der Waals surface area contributed by atoms with Gasteiger partial charge in [0.1, 0.15) is 6.10 Å². The van der Waals surface area contributed by atoms with Crippen molar-refractivity contribution in [2.75, 3.05) is 0 Å². The smallest absolute Gasteiger partial charge is 0.333 e. The summed E-state index contributed by atoms with van der Waals surface area (Å²) in [7, 11) is 0. The van der Waals surface area contributed by atoms with Crippen LogP contribution in [0.4, 0.5) is 0 Å². The van der Waals surface area contributed by atoms with Crippen molar-refractivity contribution in [3.63, 3.8) is 0 Å². The highest BCUT2D eigenvalue weighted by Crippen LogP contribution is 2.25. The summed E-state index contributed by atoms with van der Waals surface area (Å²) < 4.78 is 5.12. The van der Waals surface area contributed by atoms with E-state index in [0.717, 1.165) is 12.8 Å². The molecule has 1 aliphatic rings. The molecule has 1 aliphatic heterocycles. The van der Waals surface area contributed by atoms with Crippen molar-refractivity contribution >= 4 is 5.97 Å². The number of esters is 1. The van der Waals surface area contributed by atoms with Crippen LogP contribution in [-0.4, -0.2) is 12.1 Å². The van der Waals surface area contributed by atoms with Crippen LogP contribution in [0.3, 0.4) is 0 Å². The lowest BCUT2D eigenvalue weighted by Gasteiger charge is -2.28. The molecule has 0 unspecified atom stereocenters. The van der Waals surface area contributed by atoms with Crippen LogP contribution in [0, 0.1) is 5.92 Å². The van der Waals surface area contributed by atoms with Crippen molar-refractivity contribution in [2.24, 2.45) is 5.92 Å². The molecular formula is C9H14O2. The fourth-order valence-electron chi connectivity index (χ4n) is 1.43. The minimum absolute atomic E-state index is 0.105. The second-order valence-corrected chi connectivity index (χ2v) is 3.14. The predicted molar refractivity (Wildman–Crippen MR) is 43.1 cm³/mol. The summed E-state index contributed by atoms with van der Waals surface area (Å²) >= 11 is 0. The average Bonchev–Trinajstić information content (AvgIpc) is 1.97. The molecule has 0 spiro atoms. The van der Waals surface area contributed by atoms with Gasteiger partial charge in [-0.3, -0.25) is 0 Å². The molecule has 0 saturated carbocycles. The second-order valence-electron chi connectivity index (χ2n) is 3.14. The molecule has 0 aromatic rings. The summed E-state index contributed by atoms with van der Waals surface area (Å²) in [5.74, 6) is 0.222. The monoisotopic (exact) mass is 154 g/mol. The SMILES string of the molecule is C=C1C[C@@H](C)[C@@H](CC)OC1=O. The van der Waals surface area contributed by atoms with Crippen molar-refractivity contribution in [1.29, 1.82) is 0 Å². The van der Waals surface area contributed by atoms with Gasteiger partial charge in [-0.1, -0.05) is 20.4 Å². The van der Waals surface area contributed by atoms with E-state index < -0.39 is 0 Å². The summed E-state index contributed by atoms with van der Waals surface area (Å²) in [5, 5.41) is 0. The van der Waals surface area contributed by atoms with Gasteiger partial charge in [-0.05, 0) is 18.8 Å². The Balaban J connectivity index is 2.62. The van der Waals surface area contributed by atoms with Crippen molar-refractivity contribution in [3.05, 3.63) is 12.2 Å². The van der Waals surface area contributed by atoms with Gasteiger partial charge in [-0.2, -0.15) is 0 Å². The Labute approximate surface area is 67.2 Å². The van der Waals surface area contributed by atoms with Crippen LogP contribution in [0.5, 0.6) is 0 Å². The number of rotatable bonds is 1. The number of hydrogen-bond acceptors (Lipinski definition) is 2. The third-order valence-corrected chi connectivity index (χ3v) is 2.15. The van der Waals surface area contributed by atoms with E-state index in [1.807, 2.05) is 6.92 Å². The molecule has 0 N–H and O–H groups in total. The zero-order valence-corrected chi connectivity index (χ0v) is 7.09. The van der Waals surface area contributed by atoms with Gasteiger partial charge < -0.3 is 4.74 Å². The van der Waals surface area contributed by atoms with Gasteiger partial charge >= 0.3 is 5.97 Å². The van der Waals surface area contributed by atoms with Gasteiger partial charge in [-0.25, -0.2) is 4.79 Å². The minimum Gasteiger partial charge on any atom is -0.459 e. The van der Waals surface area contributed by atoms with E-state index in [9.17, 15) is 4.79 Å². The fraction of sp³-hybridized carbons (Fsp3) is 0.667. The van der Waals surface area contributed by atoms with E-state index in [4.69, 9.17) is 4.74 Å². The van der Waals surface area contributed by atoms with E-state index in [1.54, 1.807) is 0 Å². The summed E-state index contributed by atoms with van der Waals surface area (Å²) in [6, 6.07) is 0. The molecule has 0 radical (unpaired) electrons.